The smallest absolute Gasteiger partial charge is 0.126 e. The normalized spacial score (nSPS) is 10.3. The number of nitrogens with two attached hydrogens (primary N) is 1. The van der Waals surface area contributed by atoms with E-state index >= 15 is 0 Å². The quantitative estimate of drug-likeness (QED) is 0.536. The Bertz CT molecular complexity index is 395. The fourth-order valence-corrected chi connectivity index (χ4v) is 2.02. The van der Waals surface area contributed by atoms with Gasteiger partial charge in [-0.05, 0) is 25.5 Å². The van der Waals surface area contributed by atoms with Crippen LogP contribution in [0.5, 0.6) is 0 Å². The summed E-state index contributed by atoms with van der Waals surface area (Å²) >= 11 is 6.06. The highest BCUT2D eigenvalue weighted by molar-refractivity contribution is 6.34. The lowest BCUT2D eigenvalue weighted by atomic mass is 10.1. The summed E-state index contributed by atoms with van der Waals surface area (Å²) in [6, 6.07) is 5.46. The summed E-state index contributed by atoms with van der Waals surface area (Å²) < 4.78 is 0. The molecular weight excluding hydrogens is 238 g/mol. The molecule has 1 aromatic carbocycles. The van der Waals surface area contributed by atoms with Gasteiger partial charge in [0.15, 0.2) is 0 Å². The minimum Gasteiger partial charge on any atom is -0.396 e. The van der Waals surface area contributed by atoms with Crippen molar-refractivity contribution in [2.24, 2.45) is 5.73 Å². The van der Waals surface area contributed by atoms with Gasteiger partial charge in [0.2, 0.25) is 0 Å². The molecule has 0 aliphatic heterocycles. The van der Waals surface area contributed by atoms with E-state index in [0.717, 1.165) is 12.2 Å². The third-order valence-electron chi connectivity index (χ3n) is 2.57. The summed E-state index contributed by atoms with van der Waals surface area (Å²) in [5, 5.41) is 16.9. The van der Waals surface area contributed by atoms with Crippen LogP contribution in [0.3, 0.4) is 0 Å². The number of rotatable bonds is 6. The van der Waals surface area contributed by atoms with Gasteiger partial charge in [-0.2, -0.15) is 0 Å². The zero-order valence-electron chi connectivity index (χ0n) is 9.91. The Labute approximate surface area is 107 Å². The Morgan fingerprint density at radius 1 is 1.53 bits per heavy atom. The molecule has 1 rings (SSSR count). The maximum absolute atomic E-state index is 8.87. The molecule has 0 aliphatic rings. The topological polar surface area (TPSA) is 73.3 Å². The van der Waals surface area contributed by atoms with E-state index in [1.165, 1.54) is 0 Å². The van der Waals surface area contributed by atoms with Crippen LogP contribution in [0.15, 0.2) is 18.2 Å². The van der Waals surface area contributed by atoms with E-state index in [9.17, 15) is 0 Å². The number of nitrogens with zero attached hydrogens (tertiary/aromatic N) is 1. The molecule has 0 aromatic heterocycles. The first-order chi connectivity index (χ1) is 8.11. The van der Waals surface area contributed by atoms with Crippen molar-refractivity contribution in [3.63, 3.8) is 0 Å². The van der Waals surface area contributed by atoms with Gasteiger partial charge in [0.25, 0.3) is 0 Å². The molecule has 94 valence electrons. The van der Waals surface area contributed by atoms with Gasteiger partial charge in [0.05, 0.1) is 10.6 Å². The van der Waals surface area contributed by atoms with Gasteiger partial charge in [-0.15, -0.1) is 0 Å². The second kappa shape index (κ2) is 6.47. The van der Waals surface area contributed by atoms with E-state index in [0.29, 0.717) is 23.6 Å². The summed E-state index contributed by atoms with van der Waals surface area (Å²) in [6.07, 6.45) is 0.678. The second-order valence-electron chi connectivity index (χ2n) is 3.70. The van der Waals surface area contributed by atoms with Gasteiger partial charge in [0, 0.05) is 25.4 Å². The van der Waals surface area contributed by atoms with Gasteiger partial charge in [-0.3, -0.25) is 5.41 Å². The molecule has 0 atom stereocenters. The molecule has 4 nitrogen and oxygen atoms in total. The predicted molar refractivity (Wildman–Crippen MR) is 72.1 cm³/mol. The first-order valence-corrected chi connectivity index (χ1v) is 5.98. The van der Waals surface area contributed by atoms with Crippen LogP contribution in [-0.4, -0.2) is 30.6 Å². The molecule has 17 heavy (non-hydrogen) atoms. The maximum Gasteiger partial charge on any atom is 0.126 e. The minimum absolute atomic E-state index is 0.0342. The fraction of sp³-hybridized carbons (Fsp3) is 0.417. The van der Waals surface area contributed by atoms with Crippen molar-refractivity contribution in [2.75, 3.05) is 24.6 Å². The Kier molecular flexibility index (Phi) is 5.25. The van der Waals surface area contributed by atoms with Crippen LogP contribution in [0.2, 0.25) is 5.02 Å². The van der Waals surface area contributed by atoms with Crippen LogP contribution in [0.25, 0.3) is 0 Å². The van der Waals surface area contributed by atoms with Gasteiger partial charge in [-0.25, -0.2) is 0 Å². The molecule has 0 amide bonds. The van der Waals surface area contributed by atoms with Gasteiger partial charge >= 0.3 is 0 Å². The first kappa shape index (κ1) is 13.8. The van der Waals surface area contributed by atoms with E-state index in [2.05, 4.69) is 4.90 Å². The Hall–Kier alpha value is -1.26. The van der Waals surface area contributed by atoms with Crippen molar-refractivity contribution >= 4 is 23.1 Å². The highest BCUT2D eigenvalue weighted by atomic mass is 35.5. The van der Waals surface area contributed by atoms with E-state index < -0.39 is 0 Å². The molecule has 0 bridgehead atoms. The molecule has 0 spiro atoms. The molecule has 0 heterocycles. The lowest BCUT2D eigenvalue weighted by Crippen LogP contribution is -2.28. The number of hydrogen-bond acceptors (Lipinski definition) is 3. The Morgan fingerprint density at radius 2 is 2.24 bits per heavy atom. The monoisotopic (exact) mass is 255 g/mol. The highest BCUT2D eigenvalue weighted by Gasteiger charge is 2.14. The first-order valence-electron chi connectivity index (χ1n) is 5.60. The molecule has 0 saturated heterocycles. The zero-order chi connectivity index (χ0) is 12.8. The van der Waals surface area contributed by atoms with E-state index in [4.69, 9.17) is 27.9 Å². The number of anilines is 1. The number of benzene rings is 1. The van der Waals surface area contributed by atoms with Crippen molar-refractivity contribution in [1.82, 2.24) is 0 Å². The number of aliphatic hydroxyl groups is 1. The lowest BCUT2D eigenvalue weighted by molar-refractivity contribution is 0.289. The lowest BCUT2D eigenvalue weighted by Gasteiger charge is -2.25. The van der Waals surface area contributed by atoms with Gasteiger partial charge in [0.1, 0.15) is 5.84 Å². The van der Waals surface area contributed by atoms with E-state index in [1.54, 1.807) is 6.07 Å². The maximum atomic E-state index is 8.87. The van der Waals surface area contributed by atoms with Crippen molar-refractivity contribution < 1.29 is 5.11 Å². The Morgan fingerprint density at radius 3 is 2.76 bits per heavy atom. The number of halogens is 1. The number of aliphatic hydroxyl groups excluding tert-OH is 1. The van der Waals surface area contributed by atoms with E-state index in [-0.39, 0.29) is 12.4 Å². The van der Waals surface area contributed by atoms with Crippen LogP contribution in [-0.2, 0) is 0 Å². The number of hydrogen-bond donors (Lipinski definition) is 3. The molecule has 5 heteroatoms. The molecule has 0 fully saturated rings. The summed E-state index contributed by atoms with van der Waals surface area (Å²) in [4.78, 5) is 2.05. The molecule has 0 radical (unpaired) electrons. The van der Waals surface area contributed by atoms with E-state index in [1.807, 2.05) is 19.1 Å². The summed E-state index contributed by atoms with van der Waals surface area (Å²) in [7, 11) is 0. The van der Waals surface area contributed by atoms with Gasteiger partial charge in [-0.1, -0.05) is 17.7 Å². The Balaban J connectivity index is 3.09. The second-order valence-corrected chi connectivity index (χ2v) is 4.11. The van der Waals surface area contributed by atoms with Crippen molar-refractivity contribution in [1.29, 1.82) is 5.41 Å². The third-order valence-corrected chi connectivity index (χ3v) is 2.88. The van der Waals surface area contributed by atoms with Crippen LogP contribution in [0.4, 0.5) is 5.69 Å². The van der Waals surface area contributed by atoms with Crippen LogP contribution in [0, 0.1) is 5.41 Å². The largest absolute Gasteiger partial charge is 0.396 e. The molecule has 0 saturated carbocycles. The van der Waals surface area contributed by atoms with Crippen LogP contribution >= 0.6 is 11.6 Å². The van der Waals surface area contributed by atoms with Crippen molar-refractivity contribution in [2.45, 2.75) is 13.3 Å². The highest BCUT2D eigenvalue weighted by Crippen LogP contribution is 2.27. The average molecular weight is 256 g/mol. The number of nitrogen functional groups attached to an aromatic ring is 1. The van der Waals surface area contributed by atoms with Crippen molar-refractivity contribution in [3.05, 3.63) is 28.8 Å². The number of nitrogens with one attached hydrogen (secondary N) is 1. The van der Waals surface area contributed by atoms with Crippen LogP contribution in [0.1, 0.15) is 18.9 Å². The summed E-state index contributed by atoms with van der Waals surface area (Å²) in [6.45, 7) is 3.66. The molecule has 0 aliphatic carbocycles. The minimum atomic E-state index is -0.0342. The molecule has 4 N–H and O–H groups in total. The van der Waals surface area contributed by atoms with Crippen LogP contribution < -0.4 is 10.6 Å². The molecule has 1 aromatic rings. The average Bonchev–Trinajstić information content (AvgIpc) is 2.29. The SMILES string of the molecule is CCN(CCCO)c1cccc(Cl)c1C(=N)N. The standard InChI is InChI=1S/C12H18ClN3O/c1-2-16(7-4-8-17)10-6-3-5-9(13)11(10)12(14)15/h3,5-6,17H,2,4,7-8H2,1H3,(H3,14,15). The summed E-state index contributed by atoms with van der Waals surface area (Å²) in [5.41, 5.74) is 6.97. The number of amidine groups is 1. The fourth-order valence-electron chi connectivity index (χ4n) is 1.75. The third kappa shape index (κ3) is 3.35. The molecule has 0 unspecified atom stereocenters. The predicted octanol–water partition coefficient (Wildman–Crippen LogP) is 1.83. The van der Waals surface area contributed by atoms with Crippen molar-refractivity contribution in [3.8, 4) is 0 Å². The molecular formula is C12H18ClN3O. The van der Waals surface area contributed by atoms with Gasteiger partial charge < -0.3 is 15.7 Å². The zero-order valence-corrected chi connectivity index (χ0v) is 10.7. The summed E-state index contributed by atoms with van der Waals surface area (Å²) in [5.74, 6) is -0.0342.